The summed E-state index contributed by atoms with van der Waals surface area (Å²) >= 11 is 0. The molecule has 0 saturated carbocycles. The molecule has 2 aliphatic heterocycles. The van der Waals surface area contributed by atoms with Gasteiger partial charge in [-0.3, -0.25) is 14.5 Å². The molecule has 0 N–H and O–H groups in total. The summed E-state index contributed by atoms with van der Waals surface area (Å²) in [5.74, 6) is -0.0779. The topological polar surface area (TPSA) is 72.0 Å². The van der Waals surface area contributed by atoms with Crippen LogP contribution in [0.2, 0.25) is 0 Å². The number of pyridine rings is 1. The van der Waals surface area contributed by atoms with E-state index < -0.39 is 6.04 Å². The van der Waals surface area contributed by atoms with Crippen molar-refractivity contribution in [1.29, 1.82) is 0 Å². The van der Waals surface area contributed by atoms with Gasteiger partial charge in [0.1, 0.15) is 24.7 Å². The van der Waals surface area contributed by atoms with E-state index in [4.69, 9.17) is 9.47 Å². The van der Waals surface area contributed by atoms with E-state index in [1.165, 1.54) is 6.07 Å². The lowest BCUT2D eigenvalue weighted by Gasteiger charge is -2.22. The molecule has 224 valence electrons. The molecule has 5 aromatic rings. The van der Waals surface area contributed by atoms with Crippen LogP contribution in [0.25, 0.3) is 0 Å². The number of nitrogens with zero attached hydrogens (tertiary/aromatic N) is 3. The molecule has 2 aliphatic rings. The number of rotatable bonds is 8. The number of carbonyl (C=O) groups is 2. The Morgan fingerprint density at radius 2 is 1.53 bits per heavy atom. The van der Waals surface area contributed by atoms with Crippen LogP contribution in [-0.4, -0.2) is 21.7 Å². The number of benzene rings is 4. The average Bonchev–Trinajstić information content (AvgIpc) is 3.59. The van der Waals surface area contributed by atoms with Gasteiger partial charge in [-0.05, 0) is 59.5 Å². The first kappa shape index (κ1) is 28.3. The predicted molar refractivity (Wildman–Crippen MR) is 167 cm³/mol. The Balaban J connectivity index is 1.14. The van der Waals surface area contributed by atoms with Crippen molar-refractivity contribution >= 4 is 17.5 Å². The van der Waals surface area contributed by atoms with Gasteiger partial charge in [-0.2, -0.15) is 4.98 Å². The maximum Gasteiger partial charge on any atom is 0.259 e. The van der Waals surface area contributed by atoms with E-state index in [0.717, 1.165) is 22.3 Å². The minimum Gasteiger partial charge on any atom is -0.473 e. The highest BCUT2D eigenvalue weighted by Gasteiger charge is 2.35. The second kappa shape index (κ2) is 11.9. The van der Waals surface area contributed by atoms with E-state index in [-0.39, 0.29) is 36.7 Å². The van der Waals surface area contributed by atoms with Crippen LogP contribution in [0.5, 0.6) is 11.8 Å². The average molecular weight is 600 g/mol. The molecule has 0 radical (unpaired) electrons. The van der Waals surface area contributed by atoms with Crippen molar-refractivity contribution in [3.05, 3.63) is 154 Å². The van der Waals surface area contributed by atoms with Crippen LogP contribution in [0.1, 0.15) is 61.5 Å². The van der Waals surface area contributed by atoms with Crippen LogP contribution in [-0.2, 0) is 26.3 Å². The molecule has 2 amide bonds. The maximum atomic E-state index is 14.5. The van der Waals surface area contributed by atoms with E-state index in [1.54, 1.807) is 46.2 Å². The monoisotopic (exact) mass is 599 g/mol. The lowest BCUT2D eigenvalue weighted by atomic mass is 10.0. The van der Waals surface area contributed by atoms with E-state index in [2.05, 4.69) is 4.98 Å². The minimum atomic E-state index is -0.391. The van der Waals surface area contributed by atoms with Gasteiger partial charge >= 0.3 is 0 Å². The van der Waals surface area contributed by atoms with Gasteiger partial charge in [-0.1, -0.05) is 72.8 Å². The molecule has 1 aromatic heterocycles. The van der Waals surface area contributed by atoms with E-state index in [0.29, 0.717) is 41.4 Å². The fourth-order valence-corrected chi connectivity index (χ4v) is 5.99. The Morgan fingerprint density at radius 1 is 0.822 bits per heavy atom. The molecule has 7 rings (SSSR count). The number of halogens is 1. The van der Waals surface area contributed by atoms with E-state index >= 15 is 0 Å². The van der Waals surface area contributed by atoms with Gasteiger partial charge in [0, 0.05) is 29.3 Å². The molecule has 0 bridgehead atoms. The van der Waals surface area contributed by atoms with Crippen molar-refractivity contribution in [3.8, 4) is 11.8 Å². The summed E-state index contributed by atoms with van der Waals surface area (Å²) in [5, 5.41) is 0. The first-order valence-electron chi connectivity index (χ1n) is 14.8. The van der Waals surface area contributed by atoms with Gasteiger partial charge in [0.2, 0.25) is 11.8 Å². The van der Waals surface area contributed by atoms with Gasteiger partial charge in [0.15, 0.2) is 0 Å². The Labute approximate surface area is 260 Å². The van der Waals surface area contributed by atoms with Crippen LogP contribution in [0, 0.1) is 5.82 Å². The van der Waals surface area contributed by atoms with Crippen LogP contribution >= 0.6 is 0 Å². The maximum absolute atomic E-state index is 14.5. The second-order valence-corrected chi connectivity index (χ2v) is 11.2. The summed E-state index contributed by atoms with van der Waals surface area (Å²) in [7, 11) is 0. The summed E-state index contributed by atoms with van der Waals surface area (Å²) in [5.41, 5.74) is 5.51. The van der Waals surface area contributed by atoms with Crippen molar-refractivity contribution in [2.24, 2.45) is 0 Å². The van der Waals surface area contributed by atoms with Crippen LogP contribution < -0.4 is 14.4 Å². The van der Waals surface area contributed by atoms with E-state index in [9.17, 15) is 14.0 Å². The van der Waals surface area contributed by atoms with Crippen molar-refractivity contribution in [2.75, 3.05) is 4.90 Å². The molecule has 0 unspecified atom stereocenters. The zero-order valence-electron chi connectivity index (χ0n) is 24.7. The van der Waals surface area contributed by atoms with Gasteiger partial charge in [0.05, 0.1) is 12.6 Å². The molecule has 4 aromatic carbocycles. The van der Waals surface area contributed by atoms with Crippen molar-refractivity contribution < 1.29 is 23.5 Å². The van der Waals surface area contributed by atoms with Gasteiger partial charge in [-0.15, -0.1) is 0 Å². The van der Waals surface area contributed by atoms with Crippen LogP contribution in [0.15, 0.2) is 109 Å². The summed E-state index contributed by atoms with van der Waals surface area (Å²) < 4.78 is 26.7. The fourth-order valence-electron chi connectivity index (χ4n) is 5.99. The molecule has 45 heavy (non-hydrogen) atoms. The molecule has 8 heteroatoms. The highest BCUT2D eigenvalue weighted by Crippen LogP contribution is 2.38. The Kier molecular flexibility index (Phi) is 7.47. The third-order valence-electron chi connectivity index (χ3n) is 8.34. The summed E-state index contributed by atoms with van der Waals surface area (Å²) in [6.07, 6.45) is 0. The van der Waals surface area contributed by atoms with Gasteiger partial charge < -0.3 is 14.4 Å². The number of hydrogen-bond donors (Lipinski definition) is 0. The summed E-state index contributed by atoms with van der Waals surface area (Å²) in [4.78, 5) is 35.2. The number of carbonyl (C=O) groups excluding carboxylic acids is 2. The zero-order valence-corrected chi connectivity index (χ0v) is 24.7. The minimum absolute atomic E-state index is 0.208. The van der Waals surface area contributed by atoms with Crippen molar-refractivity contribution in [2.45, 2.75) is 39.3 Å². The lowest BCUT2D eigenvalue weighted by molar-refractivity contribution is 0.0703. The number of aromatic nitrogens is 1. The molecule has 1 atom stereocenters. The quantitative estimate of drug-likeness (QED) is 0.188. The normalized spacial score (nSPS) is 15.2. The molecule has 3 heterocycles. The Morgan fingerprint density at radius 3 is 2.24 bits per heavy atom. The molecule has 0 fully saturated rings. The highest BCUT2D eigenvalue weighted by molar-refractivity contribution is 6.11. The smallest absolute Gasteiger partial charge is 0.259 e. The Hall–Kier alpha value is -5.50. The first-order valence-corrected chi connectivity index (χ1v) is 14.8. The van der Waals surface area contributed by atoms with Crippen molar-refractivity contribution in [1.82, 2.24) is 9.88 Å². The molecular weight excluding hydrogens is 569 g/mol. The Bertz CT molecular complexity index is 1900. The van der Waals surface area contributed by atoms with E-state index in [1.807, 2.05) is 73.7 Å². The largest absolute Gasteiger partial charge is 0.473 e. The zero-order chi connectivity index (χ0) is 30.9. The number of amides is 2. The highest BCUT2D eigenvalue weighted by atomic mass is 19.1. The van der Waals surface area contributed by atoms with Gasteiger partial charge in [0.25, 0.3) is 11.8 Å². The lowest BCUT2D eigenvalue weighted by Crippen LogP contribution is -2.28. The number of hydrogen-bond acceptors (Lipinski definition) is 5. The van der Waals surface area contributed by atoms with Crippen molar-refractivity contribution in [3.63, 3.8) is 0 Å². The standard InChI is InChI=1S/C37H30FN3O4/c1-24-34-28(13-8-14-31(34)38)20-40(24)36(42)27-15-16-30-29(19-27)21-41(37(30)43)32-17-18-33(44-22-25-9-4-2-5-10-25)39-35(32)45-23-26-11-6-3-7-12-26/h2-19,24H,20-23H2,1H3/t24-/m1/s1. The molecule has 7 nitrogen and oxygen atoms in total. The molecule has 0 aliphatic carbocycles. The number of fused-ring (bicyclic) bond motifs is 2. The second-order valence-electron chi connectivity index (χ2n) is 11.2. The number of anilines is 1. The molecular formula is C37H30FN3O4. The SMILES string of the molecule is C[C@@H]1c2c(F)cccc2CN1C(=O)c1ccc2c(c1)CN(c1ccc(OCc3ccccc3)nc1OCc1ccccc1)C2=O. The summed E-state index contributed by atoms with van der Waals surface area (Å²) in [6.45, 7) is 3.01. The molecule has 0 spiro atoms. The third-order valence-corrected chi connectivity index (χ3v) is 8.34. The van der Waals surface area contributed by atoms with Crippen LogP contribution in [0.3, 0.4) is 0 Å². The predicted octanol–water partition coefficient (Wildman–Crippen LogP) is 7.26. The number of ether oxygens (including phenoxy) is 2. The molecule has 0 saturated heterocycles. The fraction of sp³-hybridized carbons (Fsp3) is 0.162. The van der Waals surface area contributed by atoms with Crippen LogP contribution in [0.4, 0.5) is 10.1 Å². The summed E-state index contributed by atoms with van der Waals surface area (Å²) in [6, 6.07) is 32.7. The third kappa shape index (κ3) is 5.51. The van der Waals surface area contributed by atoms with Gasteiger partial charge in [-0.25, -0.2) is 4.39 Å². The first-order chi connectivity index (χ1) is 22.0.